The van der Waals surface area contributed by atoms with Crippen molar-refractivity contribution in [2.45, 2.75) is 13.0 Å². The Morgan fingerprint density at radius 2 is 1.96 bits per heavy atom. The predicted octanol–water partition coefficient (Wildman–Crippen LogP) is 2.86. The zero-order valence-corrected chi connectivity index (χ0v) is 14.4. The van der Waals surface area contributed by atoms with Crippen molar-refractivity contribution in [2.75, 3.05) is 26.1 Å². The molecule has 1 aliphatic rings. The van der Waals surface area contributed by atoms with Gasteiger partial charge in [0.05, 0.1) is 18.8 Å². The van der Waals surface area contributed by atoms with Crippen LogP contribution in [0.25, 0.3) is 0 Å². The predicted molar refractivity (Wildman–Crippen MR) is 94.1 cm³/mol. The summed E-state index contributed by atoms with van der Waals surface area (Å²) in [6, 6.07) is 12.6. The first-order chi connectivity index (χ1) is 12.0. The van der Waals surface area contributed by atoms with Gasteiger partial charge < -0.3 is 19.7 Å². The molecular formula is C19H20N2O4. The van der Waals surface area contributed by atoms with Crippen molar-refractivity contribution in [3.63, 3.8) is 0 Å². The summed E-state index contributed by atoms with van der Waals surface area (Å²) in [5.41, 5.74) is 2.11. The van der Waals surface area contributed by atoms with Crippen molar-refractivity contribution >= 4 is 17.5 Å². The van der Waals surface area contributed by atoms with Gasteiger partial charge in [0, 0.05) is 12.6 Å². The number of hydrogen-bond donors (Lipinski definition) is 1. The summed E-state index contributed by atoms with van der Waals surface area (Å²) in [5, 5.41) is 2.71. The van der Waals surface area contributed by atoms with Gasteiger partial charge in [-0.2, -0.15) is 0 Å². The van der Waals surface area contributed by atoms with Crippen LogP contribution in [0, 0.1) is 0 Å². The van der Waals surface area contributed by atoms with Gasteiger partial charge in [-0.1, -0.05) is 12.1 Å². The van der Waals surface area contributed by atoms with E-state index >= 15 is 0 Å². The number of methoxy groups -OCH3 is 1. The highest BCUT2D eigenvalue weighted by atomic mass is 16.5. The van der Waals surface area contributed by atoms with Gasteiger partial charge in [-0.25, -0.2) is 0 Å². The van der Waals surface area contributed by atoms with E-state index in [4.69, 9.17) is 9.47 Å². The van der Waals surface area contributed by atoms with Crippen molar-refractivity contribution in [3.8, 4) is 11.5 Å². The molecule has 0 spiro atoms. The molecule has 2 aromatic rings. The Morgan fingerprint density at radius 1 is 1.24 bits per heavy atom. The first-order valence-electron chi connectivity index (χ1n) is 7.97. The van der Waals surface area contributed by atoms with Crippen LogP contribution in [0.5, 0.6) is 11.5 Å². The third-order valence-electron chi connectivity index (χ3n) is 4.36. The molecule has 1 atom stereocenters. The minimum absolute atomic E-state index is 0.0390. The zero-order valence-electron chi connectivity index (χ0n) is 14.4. The summed E-state index contributed by atoms with van der Waals surface area (Å²) in [7, 11) is 3.38. The lowest BCUT2D eigenvalue weighted by molar-refractivity contribution is -0.118. The van der Waals surface area contributed by atoms with Crippen LogP contribution in [0.3, 0.4) is 0 Å². The molecule has 6 nitrogen and oxygen atoms in total. The Hall–Kier alpha value is -3.02. The van der Waals surface area contributed by atoms with Crippen molar-refractivity contribution < 1.29 is 19.1 Å². The maximum Gasteiger partial charge on any atom is 0.262 e. The van der Waals surface area contributed by atoms with Crippen LogP contribution in [0.4, 0.5) is 5.69 Å². The number of ether oxygens (including phenoxy) is 2. The van der Waals surface area contributed by atoms with Gasteiger partial charge in [0.25, 0.3) is 11.8 Å². The normalized spacial score (nSPS) is 14.0. The fourth-order valence-corrected chi connectivity index (χ4v) is 2.69. The molecule has 130 valence electrons. The number of benzene rings is 2. The van der Waals surface area contributed by atoms with Gasteiger partial charge in [0.15, 0.2) is 6.61 Å². The Bertz CT molecular complexity index is 802. The van der Waals surface area contributed by atoms with Gasteiger partial charge in [0.1, 0.15) is 11.5 Å². The van der Waals surface area contributed by atoms with Crippen molar-refractivity contribution in [2.24, 2.45) is 0 Å². The number of nitrogens with one attached hydrogen (secondary N) is 1. The molecule has 0 aliphatic carbocycles. The lowest BCUT2D eigenvalue weighted by atomic mass is 10.1. The quantitative estimate of drug-likeness (QED) is 0.929. The first-order valence-corrected chi connectivity index (χ1v) is 7.97. The molecule has 0 saturated heterocycles. The molecule has 0 aromatic heterocycles. The number of nitrogens with zero attached hydrogens (tertiary/aromatic N) is 1. The van der Waals surface area contributed by atoms with Crippen LogP contribution in [-0.4, -0.2) is 37.5 Å². The molecule has 1 N–H and O–H groups in total. The monoisotopic (exact) mass is 340 g/mol. The maximum absolute atomic E-state index is 12.8. The van der Waals surface area contributed by atoms with E-state index in [9.17, 15) is 9.59 Å². The average Bonchev–Trinajstić information content (AvgIpc) is 2.65. The molecule has 1 aliphatic heterocycles. The molecule has 0 fully saturated rings. The van der Waals surface area contributed by atoms with E-state index < -0.39 is 0 Å². The molecule has 1 unspecified atom stereocenters. The number of carbonyl (C=O) groups is 2. The van der Waals surface area contributed by atoms with Gasteiger partial charge in [-0.15, -0.1) is 0 Å². The molecule has 2 aromatic carbocycles. The zero-order chi connectivity index (χ0) is 18.0. The second kappa shape index (κ2) is 6.84. The third-order valence-corrected chi connectivity index (χ3v) is 4.36. The second-order valence-electron chi connectivity index (χ2n) is 5.91. The molecule has 25 heavy (non-hydrogen) atoms. The molecule has 2 amide bonds. The number of fused-ring (bicyclic) bond motifs is 1. The number of amides is 2. The Kier molecular flexibility index (Phi) is 4.61. The number of hydrogen-bond acceptors (Lipinski definition) is 4. The molecule has 0 radical (unpaired) electrons. The summed E-state index contributed by atoms with van der Waals surface area (Å²) in [4.78, 5) is 25.8. The summed E-state index contributed by atoms with van der Waals surface area (Å²) < 4.78 is 10.5. The minimum Gasteiger partial charge on any atom is -0.497 e. The van der Waals surface area contributed by atoms with Crippen LogP contribution in [0.15, 0.2) is 42.5 Å². The van der Waals surface area contributed by atoms with E-state index in [0.29, 0.717) is 17.0 Å². The number of rotatable bonds is 4. The largest absolute Gasteiger partial charge is 0.497 e. The van der Waals surface area contributed by atoms with Crippen LogP contribution < -0.4 is 14.8 Å². The number of carbonyl (C=O) groups excluding carboxylic acids is 2. The van der Waals surface area contributed by atoms with Gasteiger partial charge in [-0.3, -0.25) is 9.59 Å². The summed E-state index contributed by atoms with van der Waals surface area (Å²) in [5.74, 6) is 0.971. The summed E-state index contributed by atoms with van der Waals surface area (Å²) in [6.45, 7) is 1.93. The maximum atomic E-state index is 12.8. The van der Waals surface area contributed by atoms with E-state index in [2.05, 4.69) is 5.32 Å². The summed E-state index contributed by atoms with van der Waals surface area (Å²) >= 11 is 0. The minimum atomic E-state index is -0.197. The fourth-order valence-electron chi connectivity index (χ4n) is 2.69. The molecule has 1 heterocycles. The van der Waals surface area contributed by atoms with Crippen molar-refractivity contribution in [3.05, 3.63) is 53.6 Å². The van der Waals surface area contributed by atoms with E-state index in [-0.39, 0.29) is 24.5 Å². The first kappa shape index (κ1) is 16.8. The smallest absolute Gasteiger partial charge is 0.262 e. The third kappa shape index (κ3) is 3.42. The van der Waals surface area contributed by atoms with E-state index in [1.807, 2.05) is 31.2 Å². The van der Waals surface area contributed by atoms with Crippen LogP contribution >= 0.6 is 0 Å². The molecule has 0 bridgehead atoms. The van der Waals surface area contributed by atoms with E-state index in [1.165, 1.54) is 0 Å². The highest BCUT2D eigenvalue weighted by Crippen LogP contribution is 2.30. The van der Waals surface area contributed by atoms with Crippen molar-refractivity contribution in [1.82, 2.24) is 4.90 Å². The molecule has 3 rings (SSSR count). The lowest BCUT2D eigenvalue weighted by Gasteiger charge is -2.26. The second-order valence-corrected chi connectivity index (χ2v) is 5.91. The molecule has 0 saturated carbocycles. The topological polar surface area (TPSA) is 67.9 Å². The van der Waals surface area contributed by atoms with Gasteiger partial charge in [0.2, 0.25) is 0 Å². The fraction of sp³-hybridized carbons (Fsp3) is 0.263. The van der Waals surface area contributed by atoms with Gasteiger partial charge >= 0.3 is 0 Å². The van der Waals surface area contributed by atoms with E-state index in [1.54, 1.807) is 37.3 Å². The van der Waals surface area contributed by atoms with E-state index in [0.717, 1.165) is 11.3 Å². The van der Waals surface area contributed by atoms with Crippen LogP contribution in [0.2, 0.25) is 0 Å². The Balaban J connectivity index is 1.78. The van der Waals surface area contributed by atoms with Gasteiger partial charge in [-0.05, 0) is 42.8 Å². The molecular weight excluding hydrogens is 320 g/mol. The summed E-state index contributed by atoms with van der Waals surface area (Å²) in [6.07, 6.45) is 0. The highest BCUT2D eigenvalue weighted by Gasteiger charge is 2.22. The van der Waals surface area contributed by atoms with Crippen molar-refractivity contribution in [1.29, 1.82) is 0 Å². The Morgan fingerprint density at radius 3 is 2.64 bits per heavy atom. The van der Waals surface area contributed by atoms with Crippen LogP contribution in [0.1, 0.15) is 28.9 Å². The standard InChI is InChI=1S/C19H20N2O4/c1-12(13-4-7-15(24-3)8-5-13)21(2)19(23)14-6-9-16-17(10-14)25-11-18(22)20-16/h4-10,12H,11H2,1-3H3,(H,20,22). The average molecular weight is 340 g/mol. The SMILES string of the molecule is COc1ccc(C(C)N(C)C(=O)c2ccc3c(c2)OCC(=O)N3)cc1. The highest BCUT2D eigenvalue weighted by molar-refractivity contribution is 5.99. The number of anilines is 1. The lowest BCUT2D eigenvalue weighted by Crippen LogP contribution is -2.30. The molecule has 6 heteroatoms. The van der Waals surface area contributed by atoms with Crippen LogP contribution in [-0.2, 0) is 4.79 Å². The Labute approximate surface area is 146 Å².